The van der Waals surface area contributed by atoms with E-state index in [2.05, 4.69) is 20.3 Å². The molecule has 0 saturated heterocycles. The van der Waals surface area contributed by atoms with Crippen LogP contribution in [-0.2, 0) is 0 Å². The van der Waals surface area contributed by atoms with Crippen molar-refractivity contribution in [1.82, 2.24) is 19.4 Å². The summed E-state index contributed by atoms with van der Waals surface area (Å²) in [5.41, 5.74) is 2.46. The van der Waals surface area contributed by atoms with Gasteiger partial charge in [0, 0.05) is 28.5 Å². The molecule has 8 nitrogen and oxygen atoms in total. The Morgan fingerprint density at radius 1 is 1.20 bits per heavy atom. The first-order valence-corrected chi connectivity index (χ1v) is 8.27. The third-order valence-corrected chi connectivity index (χ3v) is 4.37. The van der Waals surface area contributed by atoms with Crippen molar-refractivity contribution in [2.75, 3.05) is 5.32 Å². The fourth-order valence-electron chi connectivity index (χ4n) is 2.46. The monoisotopic (exact) mass is 352 g/mol. The second-order valence-corrected chi connectivity index (χ2v) is 6.19. The van der Waals surface area contributed by atoms with E-state index in [0.717, 1.165) is 11.3 Å². The standard InChI is InChI=1S/C16H12N6O2S/c1-10-6-7-17-13(18-10)11-2-4-12(5-3-11)19-14-15(22(23)24)21-8-9-25-16(21)20-14/h2-9,19H,1H3. The Bertz CT molecular complexity index is 1070. The quantitative estimate of drug-likeness (QED) is 0.443. The van der Waals surface area contributed by atoms with E-state index < -0.39 is 4.92 Å². The van der Waals surface area contributed by atoms with E-state index in [1.165, 1.54) is 15.7 Å². The van der Waals surface area contributed by atoms with Gasteiger partial charge in [0.25, 0.3) is 4.96 Å². The second kappa shape index (κ2) is 5.95. The maximum atomic E-state index is 11.3. The fourth-order valence-corrected chi connectivity index (χ4v) is 3.17. The number of benzene rings is 1. The van der Waals surface area contributed by atoms with E-state index in [4.69, 9.17) is 0 Å². The van der Waals surface area contributed by atoms with Crippen LogP contribution in [0.1, 0.15) is 5.69 Å². The average molecular weight is 352 g/mol. The van der Waals surface area contributed by atoms with Crippen LogP contribution in [0.15, 0.2) is 48.1 Å². The summed E-state index contributed by atoms with van der Waals surface area (Å²) in [6, 6.07) is 9.20. The van der Waals surface area contributed by atoms with Crippen LogP contribution in [0.2, 0.25) is 0 Å². The lowest BCUT2D eigenvalue weighted by Crippen LogP contribution is -1.98. The van der Waals surface area contributed by atoms with Crippen molar-refractivity contribution in [2.24, 2.45) is 0 Å². The first-order chi connectivity index (χ1) is 12.1. The van der Waals surface area contributed by atoms with Crippen molar-refractivity contribution in [2.45, 2.75) is 6.92 Å². The van der Waals surface area contributed by atoms with Gasteiger partial charge < -0.3 is 15.4 Å². The van der Waals surface area contributed by atoms with Gasteiger partial charge in [0.15, 0.2) is 5.82 Å². The maximum Gasteiger partial charge on any atom is 0.373 e. The van der Waals surface area contributed by atoms with Gasteiger partial charge >= 0.3 is 5.82 Å². The predicted octanol–water partition coefficient (Wildman–Crippen LogP) is 3.81. The van der Waals surface area contributed by atoms with E-state index in [1.807, 2.05) is 37.3 Å². The molecule has 25 heavy (non-hydrogen) atoms. The van der Waals surface area contributed by atoms with Crippen molar-refractivity contribution in [3.63, 3.8) is 0 Å². The summed E-state index contributed by atoms with van der Waals surface area (Å²) in [6.45, 7) is 1.91. The summed E-state index contributed by atoms with van der Waals surface area (Å²) in [5.74, 6) is 0.777. The number of imidazole rings is 1. The molecule has 3 heterocycles. The first-order valence-electron chi connectivity index (χ1n) is 7.39. The SMILES string of the molecule is Cc1ccnc(-c2ccc(Nc3nc4sccn4c3[N+](=O)[O-])cc2)n1. The molecule has 0 unspecified atom stereocenters. The maximum absolute atomic E-state index is 11.3. The van der Waals surface area contributed by atoms with Gasteiger partial charge in [0.1, 0.15) is 6.20 Å². The number of anilines is 2. The van der Waals surface area contributed by atoms with E-state index in [1.54, 1.807) is 17.8 Å². The molecule has 0 amide bonds. The van der Waals surface area contributed by atoms with Gasteiger partial charge in [-0.1, -0.05) is 11.3 Å². The highest BCUT2D eigenvalue weighted by atomic mass is 32.1. The number of fused-ring (bicyclic) bond motifs is 1. The zero-order chi connectivity index (χ0) is 17.4. The zero-order valence-corrected chi connectivity index (χ0v) is 13.9. The third-order valence-electron chi connectivity index (χ3n) is 3.61. The number of hydrogen-bond acceptors (Lipinski definition) is 7. The van der Waals surface area contributed by atoms with Gasteiger partial charge in [-0.05, 0) is 42.2 Å². The lowest BCUT2D eigenvalue weighted by molar-refractivity contribution is -0.389. The van der Waals surface area contributed by atoms with Crippen molar-refractivity contribution < 1.29 is 4.92 Å². The molecule has 0 aliphatic rings. The molecule has 0 aliphatic heterocycles. The normalized spacial score (nSPS) is 10.9. The minimum Gasteiger partial charge on any atom is -0.358 e. The van der Waals surface area contributed by atoms with Crippen molar-refractivity contribution in [3.8, 4) is 11.4 Å². The zero-order valence-electron chi connectivity index (χ0n) is 13.1. The molecule has 4 rings (SSSR count). The van der Waals surface area contributed by atoms with Gasteiger partial charge in [0.05, 0.1) is 0 Å². The molecule has 0 atom stereocenters. The Labute approximate surface area is 146 Å². The van der Waals surface area contributed by atoms with E-state index in [0.29, 0.717) is 16.5 Å². The van der Waals surface area contributed by atoms with Gasteiger partial charge in [-0.2, -0.15) is 9.38 Å². The van der Waals surface area contributed by atoms with Crippen LogP contribution in [0.5, 0.6) is 0 Å². The molecule has 1 N–H and O–H groups in total. The second-order valence-electron chi connectivity index (χ2n) is 5.32. The van der Waals surface area contributed by atoms with Gasteiger partial charge in [-0.3, -0.25) is 0 Å². The highest BCUT2D eigenvalue weighted by molar-refractivity contribution is 7.15. The Balaban J connectivity index is 1.65. The molecule has 1 aromatic carbocycles. The number of aryl methyl sites for hydroxylation is 1. The lowest BCUT2D eigenvalue weighted by Gasteiger charge is -2.05. The molecule has 0 saturated carbocycles. The molecule has 4 aromatic rings. The molecule has 0 fully saturated rings. The Morgan fingerprint density at radius 3 is 2.72 bits per heavy atom. The Kier molecular flexibility index (Phi) is 3.62. The highest BCUT2D eigenvalue weighted by Crippen LogP contribution is 2.30. The third kappa shape index (κ3) is 2.81. The van der Waals surface area contributed by atoms with Gasteiger partial charge in [-0.25, -0.2) is 9.97 Å². The summed E-state index contributed by atoms with van der Waals surface area (Å²) >= 11 is 1.34. The Hall–Kier alpha value is -3.33. The fraction of sp³-hybridized carbons (Fsp3) is 0.0625. The molecule has 0 aliphatic carbocycles. The van der Waals surface area contributed by atoms with Crippen molar-refractivity contribution in [3.05, 3.63) is 63.9 Å². The summed E-state index contributed by atoms with van der Waals surface area (Å²) in [5, 5.41) is 16.1. The number of thiazole rings is 1. The van der Waals surface area contributed by atoms with Crippen LogP contribution in [0, 0.1) is 17.0 Å². The van der Waals surface area contributed by atoms with Gasteiger partial charge in [-0.15, -0.1) is 0 Å². The molecule has 0 bridgehead atoms. The summed E-state index contributed by atoms with van der Waals surface area (Å²) in [4.78, 5) is 24.4. The topological polar surface area (TPSA) is 98.2 Å². The number of hydrogen-bond donors (Lipinski definition) is 1. The molecular formula is C16H12N6O2S. The predicted molar refractivity (Wildman–Crippen MR) is 95.2 cm³/mol. The lowest BCUT2D eigenvalue weighted by atomic mass is 10.2. The molecule has 3 aromatic heterocycles. The van der Waals surface area contributed by atoms with E-state index in [-0.39, 0.29) is 11.6 Å². The summed E-state index contributed by atoms with van der Waals surface area (Å²) in [7, 11) is 0. The summed E-state index contributed by atoms with van der Waals surface area (Å²) in [6.07, 6.45) is 3.35. The number of nitrogens with one attached hydrogen (secondary N) is 1. The number of nitrogens with zero attached hydrogens (tertiary/aromatic N) is 5. The van der Waals surface area contributed by atoms with Crippen molar-refractivity contribution in [1.29, 1.82) is 0 Å². The number of nitro groups is 1. The minimum absolute atomic E-state index is 0.0812. The van der Waals surface area contributed by atoms with Crippen LogP contribution in [-0.4, -0.2) is 24.3 Å². The van der Waals surface area contributed by atoms with Crippen LogP contribution >= 0.6 is 11.3 Å². The molecule has 9 heteroatoms. The Morgan fingerprint density at radius 2 is 2.00 bits per heavy atom. The average Bonchev–Trinajstić information content (AvgIpc) is 3.15. The van der Waals surface area contributed by atoms with E-state index in [9.17, 15) is 10.1 Å². The molecule has 124 valence electrons. The largest absolute Gasteiger partial charge is 0.373 e. The summed E-state index contributed by atoms with van der Waals surface area (Å²) < 4.78 is 1.46. The van der Waals surface area contributed by atoms with Crippen LogP contribution in [0.25, 0.3) is 16.3 Å². The number of rotatable bonds is 4. The highest BCUT2D eigenvalue weighted by Gasteiger charge is 2.23. The molecule has 0 radical (unpaired) electrons. The molecular weight excluding hydrogens is 340 g/mol. The van der Waals surface area contributed by atoms with Crippen LogP contribution in [0.4, 0.5) is 17.3 Å². The smallest absolute Gasteiger partial charge is 0.358 e. The minimum atomic E-state index is -0.440. The van der Waals surface area contributed by atoms with Crippen LogP contribution in [0.3, 0.4) is 0 Å². The van der Waals surface area contributed by atoms with Gasteiger partial charge in [0.2, 0.25) is 5.82 Å². The van der Waals surface area contributed by atoms with Crippen LogP contribution < -0.4 is 5.32 Å². The van der Waals surface area contributed by atoms with E-state index >= 15 is 0 Å². The first kappa shape index (κ1) is 15.2. The van der Waals surface area contributed by atoms with Crippen molar-refractivity contribution >= 4 is 33.6 Å². The number of aromatic nitrogens is 4. The molecule has 0 spiro atoms.